The van der Waals surface area contributed by atoms with Gasteiger partial charge in [0.25, 0.3) is 0 Å². The average molecular weight is 388 g/mol. The number of benzene rings is 1. The number of rotatable bonds is 5. The summed E-state index contributed by atoms with van der Waals surface area (Å²) in [5.41, 5.74) is 6.15. The van der Waals surface area contributed by atoms with Crippen LogP contribution in [0.1, 0.15) is 43.1 Å². The molecule has 0 atom stereocenters. The summed E-state index contributed by atoms with van der Waals surface area (Å²) in [7, 11) is -3.41. The summed E-state index contributed by atoms with van der Waals surface area (Å²) in [6, 6.07) is 8.74. The third kappa shape index (κ3) is 4.70. The number of sulfonamides is 1. The second-order valence-corrected chi connectivity index (χ2v) is 8.71. The van der Waals surface area contributed by atoms with E-state index in [0.717, 1.165) is 41.9 Å². The fourth-order valence-corrected chi connectivity index (χ4v) is 4.61. The Morgan fingerprint density at radius 1 is 1.04 bits per heavy atom. The molecule has 7 nitrogen and oxygen atoms in total. The second-order valence-electron chi connectivity index (χ2n) is 6.77. The van der Waals surface area contributed by atoms with Gasteiger partial charge in [-0.3, -0.25) is 0 Å². The molecule has 27 heavy (non-hydrogen) atoms. The van der Waals surface area contributed by atoms with Crippen molar-refractivity contribution < 1.29 is 8.42 Å². The molecule has 8 heteroatoms. The van der Waals surface area contributed by atoms with Gasteiger partial charge in [-0.05, 0) is 57.4 Å². The van der Waals surface area contributed by atoms with E-state index in [4.69, 9.17) is 0 Å². The van der Waals surface area contributed by atoms with Gasteiger partial charge < -0.3 is 0 Å². The van der Waals surface area contributed by atoms with Gasteiger partial charge in [-0.15, -0.1) is 0 Å². The molecule has 1 fully saturated rings. The van der Waals surface area contributed by atoms with Gasteiger partial charge in [-0.25, -0.2) is 23.8 Å². The van der Waals surface area contributed by atoms with E-state index < -0.39 is 10.0 Å². The fraction of sp³-hybridized carbons (Fsp3) is 0.421. The van der Waals surface area contributed by atoms with Gasteiger partial charge in [0.05, 0.1) is 10.6 Å². The highest BCUT2D eigenvalue weighted by molar-refractivity contribution is 7.89. The molecule has 1 aliphatic rings. The number of hydrogen-bond donors (Lipinski definition) is 1. The minimum absolute atomic E-state index is 0.326. The number of aromatic nitrogens is 2. The molecule has 1 aromatic carbocycles. The van der Waals surface area contributed by atoms with Gasteiger partial charge in [-0.2, -0.15) is 9.41 Å². The van der Waals surface area contributed by atoms with Gasteiger partial charge in [0.1, 0.15) is 0 Å². The Labute approximate surface area is 160 Å². The number of hydrazone groups is 1. The number of piperidine rings is 1. The predicted octanol–water partition coefficient (Wildman–Crippen LogP) is 3.10. The van der Waals surface area contributed by atoms with Gasteiger partial charge in [0.15, 0.2) is 0 Å². The fourth-order valence-electron chi connectivity index (χ4n) is 3.10. The van der Waals surface area contributed by atoms with E-state index in [1.807, 2.05) is 26.8 Å². The number of anilines is 1. The smallest absolute Gasteiger partial charge is 0.243 e. The first-order chi connectivity index (χ1) is 12.9. The van der Waals surface area contributed by atoms with E-state index in [9.17, 15) is 8.42 Å². The van der Waals surface area contributed by atoms with Crippen molar-refractivity contribution in [3.63, 3.8) is 0 Å². The normalized spacial score (nSPS) is 16.3. The summed E-state index contributed by atoms with van der Waals surface area (Å²) < 4.78 is 27.0. The van der Waals surface area contributed by atoms with Gasteiger partial charge in [-0.1, -0.05) is 18.6 Å². The standard InChI is InChI=1S/C19H25N5O2S/c1-14-13-15(2)21-19(20-14)23-22-16(3)17-7-9-18(10-8-17)27(25,26)24-11-5-4-6-12-24/h7-10,13H,4-6,11-12H2,1-3H3,(H,20,21,23)/b22-16-. The first-order valence-electron chi connectivity index (χ1n) is 9.09. The van der Waals surface area contributed by atoms with Crippen molar-refractivity contribution in [3.8, 4) is 0 Å². The first-order valence-corrected chi connectivity index (χ1v) is 10.5. The van der Waals surface area contributed by atoms with Crippen molar-refractivity contribution in [1.29, 1.82) is 0 Å². The van der Waals surface area contributed by atoms with Crippen LogP contribution in [0.3, 0.4) is 0 Å². The van der Waals surface area contributed by atoms with Crippen LogP contribution in [0.4, 0.5) is 5.95 Å². The lowest BCUT2D eigenvalue weighted by Crippen LogP contribution is -2.35. The van der Waals surface area contributed by atoms with Crippen molar-refractivity contribution >= 4 is 21.7 Å². The quantitative estimate of drug-likeness (QED) is 0.629. The largest absolute Gasteiger partial charge is 0.245 e. The molecule has 1 saturated heterocycles. The number of aryl methyl sites for hydroxylation is 2. The maximum Gasteiger partial charge on any atom is 0.243 e. The molecule has 2 heterocycles. The third-order valence-electron chi connectivity index (χ3n) is 4.53. The van der Waals surface area contributed by atoms with E-state index in [2.05, 4.69) is 20.5 Å². The molecular formula is C19H25N5O2S. The van der Waals surface area contributed by atoms with Crippen LogP contribution in [-0.4, -0.2) is 41.5 Å². The predicted molar refractivity (Wildman–Crippen MR) is 106 cm³/mol. The van der Waals surface area contributed by atoms with Crippen molar-refractivity contribution in [3.05, 3.63) is 47.3 Å². The molecule has 0 spiro atoms. The lowest BCUT2D eigenvalue weighted by Gasteiger charge is -2.25. The van der Waals surface area contributed by atoms with Gasteiger partial charge in [0.2, 0.25) is 16.0 Å². The zero-order valence-corrected chi connectivity index (χ0v) is 16.8. The third-order valence-corrected chi connectivity index (χ3v) is 6.44. The van der Waals surface area contributed by atoms with Crippen molar-refractivity contribution in [2.45, 2.75) is 44.9 Å². The first kappa shape index (κ1) is 19.4. The molecule has 0 aliphatic carbocycles. The maximum atomic E-state index is 12.7. The molecule has 1 N–H and O–H groups in total. The van der Waals surface area contributed by atoms with Crippen LogP contribution in [0.15, 0.2) is 40.3 Å². The second kappa shape index (κ2) is 8.14. The molecule has 0 saturated carbocycles. The Balaban J connectivity index is 1.74. The Morgan fingerprint density at radius 2 is 1.63 bits per heavy atom. The lowest BCUT2D eigenvalue weighted by atomic mass is 10.1. The van der Waals surface area contributed by atoms with Crippen molar-refractivity contribution in [1.82, 2.24) is 14.3 Å². The summed E-state index contributed by atoms with van der Waals surface area (Å²) >= 11 is 0. The van der Waals surface area contributed by atoms with Gasteiger partial charge >= 0.3 is 0 Å². The van der Waals surface area contributed by atoms with E-state index in [1.165, 1.54) is 0 Å². The zero-order valence-electron chi connectivity index (χ0n) is 15.9. The van der Waals surface area contributed by atoms with Crippen LogP contribution in [-0.2, 0) is 10.0 Å². The number of hydrogen-bond acceptors (Lipinski definition) is 6. The summed E-state index contributed by atoms with van der Waals surface area (Å²) in [6.07, 6.45) is 2.95. The topological polar surface area (TPSA) is 87.5 Å². The van der Waals surface area contributed by atoms with E-state index >= 15 is 0 Å². The van der Waals surface area contributed by atoms with Crippen molar-refractivity contribution in [2.75, 3.05) is 18.5 Å². The molecule has 3 rings (SSSR count). The Kier molecular flexibility index (Phi) is 5.86. The van der Waals surface area contributed by atoms with E-state index in [-0.39, 0.29) is 0 Å². The highest BCUT2D eigenvalue weighted by Gasteiger charge is 2.25. The summed E-state index contributed by atoms with van der Waals surface area (Å²) in [4.78, 5) is 8.89. The molecule has 0 unspecified atom stereocenters. The molecule has 144 valence electrons. The molecule has 2 aromatic rings. The van der Waals surface area contributed by atoms with Crippen LogP contribution in [0.25, 0.3) is 0 Å². The summed E-state index contributed by atoms with van der Waals surface area (Å²) in [5.74, 6) is 0.441. The van der Waals surface area contributed by atoms with Crippen LogP contribution in [0.5, 0.6) is 0 Å². The zero-order chi connectivity index (χ0) is 19.4. The Bertz CT molecular complexity index is 913. The van der Waals surface area contributed by atoms with Crippen LogP contribution >= 0.6 is 0 Å². The highest BCUT2D eigenvalue weighted by Crippen LogP contribution is 2.21. The lowest BCUT2D eigenvalue weighted by molar-refractivity contribution is 0.346. The summed E-state index contributed by atoms with van der Waals surface area (Å²) in [5, 5.41) is 4.31. The van der Waals surface area contributed by atoms with Crippen LogP contribution < -0.4 is 5.43 Å². The monoisotopic (exact) mass is 387 g/mol. The molecule has 0 bridgehead atoms. The minimum atomic E-state index is -3.41. The Hall–Kier alpha value is -2.32. The van der Waals surface area contributed by atoms with E-state index in [0.29, 0.717) is 23.9 Å². The minimum Gasteiger partial charge on any atom is -0.245 e. The number of nitrogens with zero attached hydrogens (tertiary/aromatic N) is 4. The van der Waals surface area contributed by atoms with Gasteiger partial charge in [0, 0.05) is 24.5 Å². The molecule has 0 amide bonds. The number of nitrogens with one attached hydrogen (secondary N) is 1. The average Bonchev–Trinajstić information content (AvgIpc) is 2.66. The van der Waals surface area contributed by atoms with Crippen LogP contribution in [0, 0.1) is 13.8 Å². The van der Waals surface area contributed by atoms with E-state index in [1.54, 1.807) is 28.6 Å². The SMILES string of the molecule is C/C(=N/Nc1nc(C)cc(C)n1)c1ccc(S(=O)(=O)N2CCCCC2)cc1. The molecular weight excluding hydrogens is 362 g/mol. The van der Waals surface area contributed by atoms with Crippen molar-refractivity contribution in [2.24, 2.45) is 5.10 Å². The van der Waals surface area contributed by atoms with Crippen LogP contribution in [0.2, 0.25) is 0 Å². The highest BCUT2D eigenvalue weighted by atomic mass is 32.2. The maximum absolute atomic E-state index is 12.7. The molecule has 1 aromatic heterocycles. The molecule has 0 radical (unpaired) electrons. The summed E-state index contributed by atoms with van der Waals surface area (Å²) in [6.45, 7) is 6.86. The Morgan fingerprint density at radius 3 is 2.22 bits per heavy atom. The molecule has 1 aliphatic heterocycles.